The molecule has 0 spiro atoms. The number of anilines is 1. The summed E-state index contributed by atoms with van der Waals surface area (Å²) in [6, 6.07) is 2.71. The monoisotopic (exact) mass is 253 g/mol. The fourth-order valence-electron chi connectivity index (χ4n) is 0.553. The Kier molecular flexibility index (Phi) is 5.25. The number of benzene rings is 1. The zero-order chi connectivity index (χ0) is 9.72. The van der Waals surface area contributed by atoms with Crippen LogP contribution in [0.5, 0.6) is 0 Å². The van der Waals surface area contributed by atoms with Gasteiger partial charge < -0.3 is 5.73 Å². The van der Waals surface area contributed by atoms with Crippen molar-refractivity contribution in [3.05, 3.63) is 27.4 Å². The van der Waals surface area contributed by atoms with Gasteiger partial charge in [-0.25, -0.2) is 4.39 Å². The average Bonchev–Trinajstić information content (AvgIpc) is 2.04. The number of hydrogen-bond donors (Lipinski definition) is 1. The molecule has 0 aliphatic heterocycles. The van der Waals surface area contributed by atoms with E-state index < -0.39 is 5.82 Å². The van der Waals surface area contributed by atoms with Crippen molar-refractivity contribution >= 4 is 33.2 Å². The zero-order valence-corrected chi connectivity index (χ0v) is 9.21. The van der Waals surface area contributed by atoms with Crippen LogP contribution in [0.3, 0.4) is 0 Å². The van der Waals surface area contributed by atoms with Gasteiger partial charge in [0.15, 0.2) is 0 Å². The number of nitrogens with two attached hydrogens (primary N) is 1. The summed E-state index contributed by atoms with van der Waals surface area (Å²) in [5.74, 6) is -0.501. The van der Waals surface area contributed by atoms with Gasteiger partial charge in [0, 0.05) is 9.50 Å². The van der Waals surface area contributed by atoms with Crippen LogP contribution in [0.25, 0.3) is 0 Å². The highest BCUT2D eigenvalue weighted by molar-refractivity contribution is 9.10. The SMILES string of the molecule is CC.Nc1c(F)cc(Cl)cc1Br. The first kappa shape index (κ1) is 11.7. The molecule has 0 radical (unpaired) electrons. The molecule has 0 heterocycles. The van der Waals surface area contributed by atoms with Gasteiger partial charge in [0.25, 0.3) is 0 Å². The lowest BCUT2D eigenvalue weighted by Crippen LogP contribution is -1.90. The van der Waals surface area contributed by atoms with E-state index in [2.05, 4.69) is 15.9 Å². The van der Waals surface area contributed by atoms with Crippen molar-refractivity contribution in [3.63, 3.8) is 0 Å². The molecule has 0 aliphatic carbocycles. The minimum Gasteiger partial charge on any atom is -0.395 e. The summed E-state index contributed by atoms with van der Waals surface area (Å²) in [6.45, 7) is 4.00. The van der Waals surface area contributed by atoms with E-state index in [-0.39, 0.29) is 5.69 Å². The molecule has 0 fully saturated rings. The van der Waals surface area contributed by atoms with Crippen molar-refractivity contribution < 1.29 is 4.39 Å². The van der Waals surface area contributed by atoms with Crippen molar-refractivity contribution in [3.8, 4) is 0 Å². The molecule has 1 aromatic rings. The zero-order valence-electron chi connectivity index (χ0n) is 6.87. The van der Waals surface area contributed by atoms with Crippen LogP contribution in [0.1, 0.15) is 13.8 Å². The van der Waals surface area contributed by atoms with Crippen LogP contribution in [-0.2, 0) is 0 Å². The lowest BCUT2D eigenvalue weighted by molar-refractivity contribution is 0.632. The second-order valence-corrected chi connectivity index (χ2v) is 3.07. The lowest BCUT2D eigenvalue weighted by atomic mass is 10.3. The molecule has 0 atom stereocenters. The number of nitrogen functional groups attached to an aromatic ring is 1. The molecule has 1 nitrogen and oxygen atoms in total. The summed E-state index contributed by atoms with van der Waals surface area (Å²) in [4.78, 5) is 0. The van der Waals surface area contributed by atoms with Crippen LogP contribution in [0, 0.1) is 5.82 Å². The molecule has 0 saturated heterocycles. The quantitative estimate of drug-likeness (QED) is 0.699. The molecule has 1 rings (SSSR count). The average molecular weight is 255 g/mol. The highest BCUT2D eigenvalue weighted by atomic mass is 79.9. The fraction of sp³-hybridized carbons (Fsp3) is 0.250. The number of rotatable bonds is 0. The van der Waals surface area contributed by atoms with Crippen LogP contribution in [0.15, 0.2) is 16.6 Å². The van der Waals surface area contributed by atoms with Gasteiger partial charge in [-0.15, -0.1) is 0 Å². The first-order chi connectivity index (χ1) is 5.61. The molecule has 0 aromatic heterocycles. The standard InChI is InChI=1S/C6H4BrClFN.C2H6/c7-4-1-3(8)2-5(9)6(4)10;1-2/h1-2H,10H2;1-2H3. The van der Waals surface area contributed by atoms with Crippen molar-refractivity contribution in [2.24, 2.45) is 0 Å². The largest absolute Gasteiger partial charge is 0.395 e. The van der Waals surface area contributed by atoms with Gasteiger partial charge in [-0.2, -0.15) is 0 Å². The Morgan fingerprint density at radius 3 is 2.33 bits per heavy atom. The van der Waals surface area contributed by atoms with Gasteiger partial charge in [-0.1, -0.05) is 25.4 Å². The van der Waals surface area contributed by atoms with Crippen LogP contribution in [0.2, 0.25) is 5.02 Å². The summed E-state index contributed by atoms with van der Waals surface area (Å²) in [7, 11) is 0. The summed E-state index contributed by atoms with van der Waals surface area (Å²) >= 11 is 8.54. The van der Waals surface area contributed by atoms with E-state index in [4.69, 9.17) is 17.3 Å². The molecule has 0 bridgehead atoms. The normalized spacial score (nSPS) is 8.75. The molecule has 68 valence electrons. The van der Waals surface area contributed by atoms with Crippen molar-refractivity contribution in [2.75, 3.05) is 5.73 Å². The van der Waals surface area contributed by atoms with E-state index in [1.54, 1.807) is 6.07 Å². The molecular weight excluding hydrogens is 244 g/mol. The third kappa shape index (κ3) is 2.99. The Morgan fingerprint density at radius 2 is 1.92 bits per heavy atom. The second kappa shape index (κ2) is 5.38. The van der Waals surface area contributed by atoms with Gasteiger partial charge in [-0.3, -0.25) is 0 Å². The maximum Gasteiger partial charge on any atom is 0.148 e. The molecule has 2 N–H and O–H groups in total. The maximum atomic E-state index is 12.6. The third-order valence-corrected chi connectivity index (χ3v) is 1.92. The van der Waals surface area contributed by atoms with Crippen molar-refractivity contribution in [2.45, 2.75) is 13.8 Å². The highest BCUT2D eigenvalue weighted by Crippen LogP contribution is 2.26. The van der Waals surface area contributed by atoms with Crippen molar-refractivity contribution in [1.82, 2.24) is 0 Å². The first-order valence-corrected chi connectivity index (χ1v) is 4.68. The highest BCUT2D eigenvalue weighted by Gasteiger charge is 2.03. The molecule has 4 heteroatoms. The Labute approximate surface area is 84.8 Å². The van der Waals surface area contributed by atoms with Crippen LogP contribution >= 0.6 is 27.5 Å². The smallest absolute Gasteiger partial charge is 0.148 e. The fourth-order valence-corrected chi connectivity index (χ4v) is 1.33. The maximum absolute atomic E-state index is 12.6. The predicted octanol–water partition coefficient (Wildman–Crippen LogP) is 3.85. The minimum absolute atomic E-state index is 0.0874. The molecular formula is C8H10BrClFN. The van der Waals surface area contributed by atoms with E-state index in [1.807, 2.05) is 13.8 Å². The van der Waals surface area contributed by atoms with E-state index in [0.717, 1.165) is 0 Å². The summed E-state index contributed by atoms with van der Waals surface area (Å²) in [6.07, 6.45) is 0. The van der Waals surface area contributed by atoms with E-state index in [9.17, 15) is 4.39 Å². The Morgan fingerprint density at radius 1 is 1.42 bits per heavy atom. The minimum atomic E-state index is -0.501. The van der Waals surface area contributed by atoms with Gasteiger partial charge in [0.2, 0.25) is 0 Å². The summed E-state index contributed by atoms with van der Waals surface area (Å²) < 4.78 is 13.1. The second-order valence-electron chi connectivity index (χ2n) is 1.78. The third-order valence-electron chi connectivity index (χ3n) is 1.04. The topological polar surface area (TPSA) is 26.0 Å². The molecule has 0 saturated carbocycles. The summed E-state index contributed by atoms with van der Waals surface area (Å²) in [5, 5.41) is 0.332. The Balaban J connectivity index is 0.000000561. The van der Waals surface area contributed by atoms with Gasteiger partial charge in [0.05, 0.1) is 5.69 Å². The van der Waals surface area contributed by atoms with Crippen LogP contribution in [-0.4, -0.2) is 0 Å². The summed E-state index contributed by atoms with van der Waals surface area (Å²) in [5.41, 5.74) is 5.36. The van der Waals surface area contributed by atoms with E-state index in [0.29, 0.717) is 9.50 Å². The van der Waals surface area contributed by atoms with Crippen molar-refractivity contribution in [1.29, 1.82) is 0 Å². The Bertz CT molecular complexity index is 242. The van der Waals surface area contributed by atoms with E-state index in [1.165, 1.54) is 6.07 Å². The molecule has 0 unspecified atom stereocenters. The van der Waals surface area contributed by atoms with Gasteiger partial charge in [0.1, 0.15) is 5.82 Å². The number of halogens is 3. The molecule has 12 heavy (non-hydrogen) atoms. The van der Waals surface area contributed by atoms with E-state index >= 15 is 0 Å². The first-order valence-electron chi connectivity index (χ1n) is 3.51. The predicted molar refractivity (Wildman–Crippen MR) is 54.9 cm³/mol. The molecule has 0 aliphatic rings. The molecule has 0 amide bonds. The van der Waals surface area contributed by atoms with Gasteiger partial charge >= 0.3 is 0 Å². The Hall–Kier alpha value is -0.280. The van der Waals surface area contributed by atoms with Crippen LogP contribution < -0.4 is 5.73 Å². The van der Waals surface area contributed by atoms with Gasteiger partial charge in [-0.05, 0) is 28.1 Å². The number of hydrogen-bond acceptors (Lipinski definition) is 1. The molecule has 1 aromatic carbocycles. The lowest BCUT2D eigenvalue weighted by Gasteiger charge is -1.98. The van der Waals surface area contributed by atoms with Crippen LogP contribution in [0.4, 0.5) is 10.1 Å².